The molecule has 0 radical (unpaired) electrons. The summed E-state index contributed by atoms with van der Waals surface area (Å²) in [6.45, 7) is 1.62. The van der Waals surface area contributed by atoms with E-state index < -0.39 is 0 Å². The van der Waals surface area contributed by atoms with Crippen LogP contribution in [0.25, 0.3) is 0 Å². The van der Waals surface area contributed by atoms with E-state index in [1.165, 1.54) is 37.2 Å². The first kappa shape index (κ1) is 17.3. The minimum absolute atomic E-state index is 0.111. The number of rotatable bonds is 5. The molecule has 0 aromatic carbocycles. The van der Waals surface area contributed by atoms with Gasteiger partial charge >= 0.3 is 0 Å². The Labute approximate surface area is 154 Å². The summed E-state index contributed by atoms with van der Waals surface area (Å²) < 4.78 is 11.6. The van der Waals surface area contributed by atoms with Crippen molar-refractivity contribution in [3.63, 3.8) is 0 Å². The van der Waals surface area contributed by atoms with Gasteiger partial charge in [0.05, 0.1) is 11.9 Å². The van der Waals surface area contributed by atoms with Crippen LogP contribution in [0.5, 0.6) is 0 Å². The Bertz CT molecular complexity index is 560. The van der Waals surface area contributed by atoms with Gasteiger partial charge in [-0.2, -0.15) is 11.8 Å². The molecule has 2 N–H and O–H groups in total. The Morgan fingerprint density at radius 2 is 2.04 bits per heavy atom. The second kappa shape index (κ2) is 8.04. The van der Waals surface area contributed by atoms with Crippen LogP contribution >= 0.6 is 11.8 Å². The SMILES string of the molecule is c1coc(CCN=C(NC2CC2)NC2CCOC3(CCSCC3)C2)c1. The van der Waals surface area contributed by atoms with Crippen molar-refractivity contribution in [2.45, 2.75) is 62.6 Å². The van der Waals surface area contributed by atoms with Crippen molar-refractivity contribution in [2.24, 2.45) is 4.99 Å². The van der Waals surface area contributed by atoms with Crippen molar-refractivity contribution in [1.29, 1.82) is 0 Å². The van der Waals surface area contributed by atoms with Crippen LogP contribution in [0.2, 0.25) is 0 Å². The fourth-order valence-electron chi connectivity index (χ4n) is 3.72. The number of hydrogen-bond acceptors (Lipinski definition) is 4. The van der Waals surface area contributed by atoms with Crippen LogP contribution in [0.4, 0.5) is 0 Å². The summed E-state index contributed by atoms with van der Waals surface area (Å²) >= 11 is 2.06. The van der Waals surface area contributed by atoms with Gasteiger partial charge in [-0.25, -0.2) is 0 Å². The molecule has 2 aliphatic heterocycles. The summed E-state index contributed by atoms with van der Waals surface area (Å²) in [4.78, 5) is 4.80. The molecule has 0 bridgehead atoms. The van der Waals surface area contributed by atoms with Crippen molar-refractivity contribution in [2.75, 3.05) is 24.7 Å². The van der Waals surface area contributed by atoms with E-state index in [4.69, 9.17) is 14.1 Å². The zero-order chi connectivity index (χ0) is 17.0. The monoisotopic (exact) mass is 363 g/mol. The van der Waals surface area contributed by atoms with Gasteiger partial charge in [-0.15, -0.1) is 0 Å². The quantitative estimate of drug-likeness (QED) is 0.622. The molecule has 25 heavy (non-hydrogen) atoms. The highest BCUT2D eigenvalue weighted by Crippen LogP contribution is 2.37. The molecule has 3 heterocycles. The van der Waals surface area contributed by atoms with E-state index >= 15 is 0 Å². The van der Waals surface area contributed by atoms with Crippen LogP contribution in [0.1, 0.15) is 44.3 Å². The molecule has 1 spiro atoms. The molecule has 1 atom stereocenters. The Balaban J connectivity index is 1.34. The molecule has 3 aliphatic rings. The minimum Gasteiger partial charge on any atom is -0.469 e. The van der Waals surface area contributed by atoms with Gasteiger partial charge in [0, 0.05) is 31.7 Å². The van der Waals surface area contributed by atoms with Gasteiger partial charge in [0.15, 0.2) is 5.96 Å². The maximum absolute atomic E-state index is 6.22. The smallest absolute Gasteiger partial charge is 0.191 e. The third-order valence-corrected chi connectivity index (χ3v) is 6.35. The summed E-state index contributed by atoms with van der Waals surface area (Å²) in [6, 6.07) is 5.02. The van der Waals surface area contributed by atoms with Gasteiger partial charge < -0.3 is 19.8 Å². The van der Waals surface area contributed by atoms with E-state index in [1.807, 2.05) is 12.1 Å². The Hall–Kier alpha value is -1.14. The fourth-order valence-corrected chi connectivity index (χ4v) is 4.96. The molecule has 1 aromatic heterocycles. The van der Waals surface area contributed by atoms with Gasteiger partial charge in [0.2, 0.25) is 0 Å². The molecule has 2 saturated heterocycles. The van der Waals surface area contributed by atoms with Crippen molar-refractivity contribution in [3.05, 3.63) is 24.2 Å². The molecule has 1 aliphatic carbocycles. The Morgan fingerprint density at radius 3 is 2.80 bits per heavy atom. The standard InChI is InChI=1S/C19H29N3O2S/c1-2-17(23-10-1)5-9-20-18(21-15-3-4-15)22-16-6-11-24-19(14-16)7-12-25-13-8-19/h1-2,10,15-16H,3-9,11-14H2,(H2,20,21,22). The molecule has 138 valence electrons. The molecule has 5 nitrogen and oxygen atoms in total. The topological polar surface area (TPSA) is 58.8 Å². The van der Waals surface area contributed by atoms with Gasteiger partial charge in [0.1, 0.15) is 5.76 Å². The summed E-state index contributed by atoms with van der Waals surface area (Å²) in [5.74, 6) is 4.44. The third-order valence-electron chi connectivity index (χ3n) is 5.36. The maximum atomic E-state index is 6.22. The van der Waals surface area contributed by atoms with Crippen LogP contribution in [0.3, 0.4) is 0 Å². The highest BCUT2D eigenvalue weighted by atomic mass is 32.2. The Morgan fingerprint density at radius 1 is 1.20 bits per heavy atom. The lowest BCUT2D eigenvalue weighted by atomic mass is 9.85. The molecule has 0 amide bonds. The lowest BCUT2D eigenvalue weighted by Crippen LogP contribution is -2.52. The lowest BCUT2D eigenvalue weighted by Gasteiger charge is -2.43. The van der Waals surface area contributed by atoms with Crippen molar-refractivity contribution >= 4 is 17.7 Å². The number of nitrogens with zero attached hydrogens (tertiary/aromatic N) is 1. The largest absolute Gasteiger partial charge is 0.469 e. The summed E-state index contributed by atoms with van der Waals surface area (Å²) in [5.41, 5.74) is 0.111. The first-order valence-electron chi connectivity index (χ1n) is 9.63. The maximum Gasteiger partial charge on any atom is 0.191 e. The predicted molar refractivity (Wildman–Crippen MR) is 102 cm³/mol. The number of thioether (sulfide) groups is 1. The molecule has 1 saturated carbocycles. The second-order valence-electron chi connectivity index (χ2n) is 7.46. The average Bonchev–Trinajstić information content (AvgIpc) is 3.27. The number of ether oxygens (including phenoxy) is 1. The first-order chi connectivity index (χ1) is 12.3. The van der Waals surface area contributed by atoms with E-state index in [0.717, 1.165) is 44.1 Å². The first-order valence-corrected chi connectivity index (χ1v) is 10.8. The van der Waals surface area contributed by atoms with Crippen LogP contribution in [0, 0.1) is 0 Å². The van der Waals surface area contributed by atoms with Crippen molar-refractivity contribution in [3.8, 4) is 0 Å². The molecule has 1 aromatic rings. The second-order valence-corrected chi connectivity index (χ2v) is 8.68. The van der Waals surface area contributed by atoms with Crippen LogP contribution in [0.15, 0.2) is 27.8 Å². The molecule has 4 rings (SSSR count). The lowest BCUT2D eigenvalue weighted by molar-refractivity contribution is -0.0912. The van der Waals surface area contributed by atoms with Crippen LogP contribution in [-0.4, -0.2) is 48.3 Å². The van der Waals surface area contributed by atoms with Crippen LogP contribution < -0.4 is 10.6 Å². The summed E-state index contributed by atoms with van der Waals surface area (Å²) in [7, 11) is 0. The number of hydrogen-bond donors (Lipinski definition) is 2. The highest BCUT2D eigenvalue weighted by Gasteiger charge is 2.39. The number of guanidine groups is 1. The fraction of sp³-hybridized carbons (Fsp3) is 0.737. The molecule has 6 heteroatoms. The normalized spacial score (nSPS) is 26.6. The third kappa shape index (κ3) is 4.94. The van der Waals surface area contributed by atoms with E-state index in [0.29, 0.717) is 12.1 Å². The van der Waals surface area contributed by atoms with E-state index in [1.54, 1.807) is 6.26 Å². The minimum atomic E-state index is 0.111. The summed E-state index contributed by atoms with van der Waals surface area (Å²) in [5, 5.41) is 7.27. The molecular formula is C19H29N3O2S. The highest BCUT2D eigenvalue weighted by molar-refractivity contribution is 7.99. The average molecular weight is 364 g/mol. The van der Waals surface area contributed by atoms with Gasteiger partial charge in [-0.05, 0) is 62.2 Å². The molecule has 1 unspecified atom stereocenters. The van der Waals surface area contributed by atoms with Crippen molar-refractivity contribution < 1.29 is 9.15 Å². The predicted octanol–water partition coefficient (Wildman–Crippen LogP) is 2.96. The van der Waals surface area contributed by atoms with Crippen molar-refractivity contribution in [1.82, 2.24) is 10.6 Å². The zero-order valence-corrected chi connectivity index (χ0v) is 15.7. The summed E-state index contributed by atoms with van der Waals surface area (Å²) in [6.07, 6.45) is 9.65. The Kier molecular flexibility index (Phi) is 5.56. The van der Waals surface area contributed by atoms with Crippen LogP contribution in [-0.2, 0) is 11.2 Å². The zero-order valence-electron chi connectivity index (χ0n) is 14.8. The molecular weight excluding hydrogens is 334 g/mol. The van der Waals surface area contributed by atoms with Gasteiger partial charge in [0.25, 0.3) is 0 Å². The number of furan rings is 1. The van der Waals surface area contributed by atoms with Gasteiger partial charge in [-0.1, -0.05) is 0 Å². The number of aliphatic imine (C=N–C) groups is 1. The van der Waals surface area contributed by atoms with E-state index in [2.05, 4.69) is 22.4 Å². The van der Waals surface area contributed by atoms with E-state index in [-0.39, 0.29) is 5.60 Å². The molecule has 3 fully saturated rings. The number of nitrogens with one attached hydrogen (secondary N) is 2. The van der Waals surface area contributed by atoms with E-state index in [9.17, 15) is 0 Å². The van der Waals surface area contributed by atoms with Gasteiger partial charge in [-0.3, -0.25) is 4.99 Å².